The maximum Gasteiger partial charge on any atom is 0.255 e. The van der Waals surface area contributed by atoms with E-state index in [1.54, 1.807) is 36.4 Å². The van der Waals surface area contributed by atoms with Gasteiger partial charge in [-0.3, -0.25) is 9.59 Å². The van der Waals surface area contributed by atoms with Gasteiger partial charge >= 0.3 is 0 Å². The van der Waals surface area contributed by atoms with Gasteiger partial charge < -0.3 is 19.7 Å². The molecular formula is C24H29ClN2O4. The van der Waals surface area contributed by atoms with Crippen molar-refractivity contribution in [2.45, 2.75) is 39.5 Å². The van der Waals surface area contributed by atoms with Gasteiger partial charge in [0.25, 0.3) is 11.8 Å². The summed E-state index contributed by atoms with van der Waals surface area (Å²) in [6, 6.07) is 10.2. The number of carbonyl (C=O) groups excluding carboxylic acids is 2. The first-order valence-corrected chi connectivity index (χ1v) is 11.2. The highest BCUT2D eigenvalue weighted by Crippen LogP contribution is 2.37. The molecule has 166 valence electrons. The Bertz CT molecular complexity index is 926. The van der Waals surface area contributed by atoms with Gasteiger partial charge in [0.1, 0.15) is 0 Å². The number of hydrogen-bond donors (Lipinski definition) is 1. The fraction of sp³-hybridized carbons (Fsp3) is 0.417. The smallest absolute Gasteiger partial charge is 0.255 e. The zero-order valence-electron chi connectivity index (χ0n) is 18.1. The minimum atomic E-state index is -0.371. The molecule has 0 aromatic heterocycles. The number of rotatable bonds is 8. The van der Waals surface area contributed by atoms with Gasteiger partial charge in [0.15, 0.2) is 11.5 Å². The molecule has 0 aliphatic carbocycles. The standard InChI is InChI=1S/C24H29ClN2O4/c1-3-14-31-22-19(25)15-17(16-21(22)30-4-2)23(28)26-20-11-7-6-10-18(20)24(29)27-12-8-5-9-13-27/h6-7,10-11,15-16H,3-5,8-9,12-14H2,1-2H3,(H,26,28). The fourth-order valence-electron chi connectivity index (χ4n) is 3.55. The van der Waals surface area contributed by atoms with E-state index in [1.807, 2.05) is 18.7 Å². The second-order valence-electron chi connectivity index (χ2n) is 7.42. The molecule has 1 N–H and O–H groups in total. The summed E-state index contributed by atoms with van der Waals surface area (Å²) in [5, 5.41) is 3.17. The molecular weight excluding hydrogens is 416 g/mol. The summed E-state index contributed by atoms with van der Waals surface area (Å²) in [7, 11) is 0. The van der Waals surface area contributed by atoms with Crippen LogP contribution in [0, 0.1) is 0 Å². The summed E-state index contributed by atoms with van der Waals surface area (Å²) in [6.45, 7) is 6.25. The number of hydrogen-bond acceptors (Lipinski definition) is 4. The molecule has 1 fully saturated rings. The number of anilines is 1. The van der Waals surface area contributed by atoms with Gasteiger partial charge in [0, 0.05) is 18.7 Å². The molecule has 2 aromatic rings. The number of nitrogens with one attached hydrogen (secondary N) is 1. The minimum Gasteiger partial charge on any atom is -0.490 e. The molecule has 1 saturated heterocycles. The van der Waals surface area contributed by atoms with Crippen LogP contribution in [0.2, 0.25) is 5.02 Å². The molecule has 6 nitrogen and oxygen atoms in total. The summed E-state index contributed by atoms with van der Waals surface area (Å²) in [5.74, 6) is 0.421. The maximum absolute atomic E-state index is 13.0. The molecule has 3 rings (SSSR count). The van der Waals surface area contributed by atoms with Crippen molar-refractivity contribution in [3.63, 3.8) is 0 Å². The van der Waals surface area contributed by atoms with Crippen LogP contribution < -0.4 is 14.8 Å². The Hall–Kier alpha value is -2.73. The molecule has 2 amide bonds. The van der Waals surface area contributed by atoms with Crippen molar-refractivity contribution in [1.29, 1.82) is 0 Å². The number of piperidine rings is 1. The van der Waals surface area contributed by atoms with E-state index in [0.29, 0.717) is 46.5 Å². The van der Waals surface area contributed by atoms with Crippen LogP contribution in [0.3, 0.4) is 0 Å². The topological polar surface area (TPSA) is 67.9 Å². The highest BCUT2D eigenvalue weighted by Gasteiger charge is 2.22. The minimum absolute atomic E-state index is 0.0630. The monoisotopic (exact) mass is 444 g/mol. The molecule has 1 heterocycles. The van der Waals surface area contributed by atoms with E-state index in [4.69, 9.17) is 21.1 Å². The van der Waals surface area contributed by atoms with Crippen LogP contribution in [0.5, 0.6) is 11.5 Å². The quantitative estimate of drug-likeness (QED) is 0.591. The number of para-hydroxylation sites is 1. The molecule has 0 radical (unpaired) electrons. The molecule has 0 atom stereocenters. The molecule has 0 saturated carbocycles. The van der Waals surface area contributed by atoms with E-state index in [0.717, 1.165) is 38.8 Å². The molecule has 2 aromatic carbocycles. The average Bonchev–Trinajstić information content (AvgIpc) is 2.79. The third-order valence-electron chi connectivity index (χ3n) is 5.07. The number of benzene rings is 2. The van der Waals surface area contributed by atoms with Crippen molar-refractivity contribution in [1.82, 2.24) is 4.90 Å². The Labute approximate surface area is 188 Å². The summed E-state index contributed by atoms with van der Waals surface area (Å²) in [6.07, 6.45) is 3.98. The molecule has 1 aliphatic heterocycles. The lowest BCUT2D eigenvalue weighted by Crippen LogP contribution is -2.36. The van der Waals surface area contributed by atoms with E-state index in [-0.39, 0.29) is 11.8 Å². The van der Waals surface area contributed by atoms with Crippen LogP contribution in [-0.2, 0) is 0 Å². The predicted molar refractivity (Wildman–Crippen MR) is 123 cm³/mol. The zero-order chi connectivity index (χ0) is 22.2. The third-order valence-corrected chi connectivity index (χ3v) is 5.35. The molecule has 0 spiro atoms. The lowest BCUT2D eigenvalue weighted by Gasteiger charge is -2.27. The van der Waals surface area contributed by atoms with Crippen molar-refractivity contribution in [3.8, 4) is 11.5 Å². The van der Waals surface area contributed by atoms with E-state index in [9.17, 15) is 9.59 Å². The first-order valence-electron chi connectivity index (χ1n) is 10.8. The van der Waals surface area contributed by atoms with Crippen LogP contribution in [0.4, 0.5) is 5.69 Å². The highest BCUT2D eigenvalue weighted by atomic mass is 35.5. The first-order chi connectivity index (χ1) is 15.0. The predicted octanol–water partition coefficient (Wildman–Crippen LogP) is 5.41. The SMILES string of the molecule is CCCOc1c(Cl)cc(C(=O)Nc2ccccc2C(=O)N2CCCCC2)cc1OCC. The van der Waals surface area contributed by atoms with Gasteiger partial charge in [0.05, 0.1) is 29.5 Å². The summed E-state index contributed by atoms with van der Waals surface area (Å²) in [5.41, 5.74) is 1.29. The maximum atomic E-state index is 13.0. The van der Waals surface area contributed by atoms with E-state index < -0.39 is 0 Å². The van der Waals surface area contributed by atoms with Gasteiger partial charge in [-0.2, -0.15) is 0 Å². The van der Waals surface area contributed by atoms with Crippen molar-refractivity contribution >= 4 is 29.1 Å². The van der Waals surface area contributed by atoms with Crippen molar-refractivity contribution < 1.29 is 19.1 Å². The van der Waals surface area contributed by atoms with Gasteiger partial charge in [-0.15, -0.1) is 0 Å². The lowest BCUT2D eigenvalue weighted by atomic mass is 10.1. The first kappa shape index (κ1) is 22.9. The van der Waals surface area contributed by atoms with Crippen molar-refractivity contribution in [3.05, 3.63) is 52.5 Å². The number of likely N-dealkylation sites (tertiary alicyclic amines) is 1. The van der Waals surface area contributed by atoms with E-state index in [1.165, 1.54) is 0 Å². The molecule has 1 aliphatic rings. The Balaban J connectivity index is 1.84. The Morgan fingerprint density at radius 1 is 1.06 bits per heavy atom. The molecule has 0 unspecified atom stereocenters. The van der Waals surface area contributed by atoms with E-state index >= 15 is 0 Å². The normalized spacial score (nSPS) is 13.6. The Kier molecular flexibility index (Phi) is 8.18. The van der Waals surface area contributed by atoms with Gasteiger partial charge in [-0.05, 0) is 56.9 Å². The number of carbonyl (C=O) groups is 2. The van der Waals surface area contributed by atoms with Gasteiger partial charge in [-0.25, -0.2) is 0 Å². The summed E-state index contributed by atoms with van der Waals surface area (Å²) in [4.78, 5) is 27.8. The number of ether oxygens (including phenoxy) is 2. The van der Waals surface area contributed by atoms with Crippen LogP contribution >= 0.6 is 11.6 Å². The van der Waals surface area contributed by atoms with Gasteiger partial charge in [-0.1, -0.05) is 30.7 Å². The van der Waals surface area contributed by atoms with Crippen LogP contribution in [-0.4, -0.2) is 43.0 Å². The van der Waals surface area contributed by atoms with E-state index in [2.05, 4.69) is 5.32 Å². The van der Waals surface area contributed by atoms with Gasteiger partial charge in [0.2, 0.25) is 0 Å². The second kappa shape index (κ2) is 11.0. The third kappa shape index (κ3) is 5.70. The number of amides is 2. The Morgan fingerprint density at radius 2 is 1.81 bits per heavy atom. The van der Waals surface area contributed by atoms with Crippen molar-refractivity contribution in [2.24, 2.45) is 0 Å². The zero-order valence-corrected chi connectivity index (χ0v) is 18.8. The summed E-state index contributed by atoms with van der Waals surface area (Å²) < 4.78 is 11.3. The highest BCUT2D eigenvalue weighted by molar-refractivity contribution is 6.32. The summed E-state index contributed by atoms with van der Waals surface area (Å²) >= 11 is 6.39. The average molecular weight is 445 g/mol. The molecule has 0 bridgehead atoms. The molecule has 31 heavy (non-hydrogen) atoms. The second-order valence-corrected chi connectivity index (χ2v) is 7.83. The Morgan fingerprint density at radius 3 is 2.52 bits per heavy atom. The number of halogens is 1. The lowest BCUT2D eigenvalue weighted by molar-refractivity contribution is 0.0725. The van der Waals surface area contributed by atoms with Crippen LogP contribution in [0.15, 0.2) is 36.4 Å². The van der Waals surface area contributed by atoms with Crippen molar-refractivity contribution in [2.75, 3.05) is 31.6 Å². The van der Waals surface area contributed by atoms with Crippen LogP contribution in [0.1, 0.15) is 60.2 Å². The fourth-order valence-corrected chi connectivity index (χ4v) is 3.81. The van der Waals surface area contributed by atoms with Crippen LogP contribution in [0.25, 0.3) is 0 Å². The molecule has 7 heteroatoms. The largest absolute Gasteiger partial charge is 0.490 e. The number of nitrogens with zero attached hydrogens (tertiary/aromatic N) is 1.